The van der Waals surface area contributed by atoms with Gasteiger partial charge in [0.05, 0.1) is 31.6 Å². The Labute approximate surface area is 261 Å². The van der Waals surface area contributed by atoms with Gasteiger partial charge in [-0.1, -0.05) is 30.0 Å². The number of thiocarbonyl (C=S) groups is 1. The van der Waals surface area contributed by atoms with Crippen molar-refractivity contribution in [2.24, 2.45) is 5.92 Å². The summed E-state index contributed by atoms with van der Waals surface area (Å²) in [5.74, 6) is 0.978. The van der Waals surface area contributed by atoms with Crippen molar-refractivity contribution in [3.05, 3.63) is 55.7 Å². The van der Waals surface area contributed by atoms with Gasteiger partial charge in [-0.05, 0) is 69.4 Å². The molecule has 2 aliphatic heterocycles. The summed E-state index contributed by atoms with van der Waals surface area (Å²) in [4.78, 5) is 43.6. The highest BCUT2D eigenvalue weighted by Gasteiger charge is 2.34. The Morgan fingerprint density at radius 3 is 2.60 bits per heavy atom. The molecule has 0 bridgehead atoms. The van der Waals surface area contributed by atoms with E-state index in [1.165, 1.54) is 11.8 Å². The fraction of sp³-hybridized carbons (Fsp3) is 0.452. The minimum atomic E-state index is -0.393. The van der Waals surface area contributed by atoms with Gasteiger partial charge in [0.1, 0.15) is 21.8 Å². The van der Waals surface area contributed by atoms with Crippen LogP contribution in [0.2, 0.25) is 0 Å². The Morgan fingerprint density at radius 1 is 1.21 bits per heavy atom. The van der Waals surface area contributed by atoms with Crippen LogP contribution < -0.4 is 19.9 Å². The number of carbonyl (C=O) groups excluding carboxylic acids is 2. The number of carbonyl (C=O) groups is 2. The largest absolute Gasteiger partial charge is 0.493 e. The average Bonchev–Trinajstić information content (AvgIpc) is 3.28. The molecule has 1 aromatic carbocycles. The number of ether oxygens (including phenoxy) is 3. The molecule has 1 amide bonds. The molecule has 10 nitrogen and oxygen atoms in total. The van der Waals surface area contributed by atoms with Crippen LogP contribution in [0.3, 0.4) is 0 Å². The second-order valence-corrected chi connectivity index (χ2v) is 11.9. The molecule has 2 aromatic rings. The maximum atomic E-state index is 13.6. The molecule has 1 unspecified atom stereocenters. The lowest BCUT2D eigenvalue weighted by Gasteiger charge is -2.36. The predicted molar refractivity (Wildman–Crippen MR) is 171 cm³/mol. The number of hydrogen-bond acceptors (Lipinski definition) is 10. The standard InChI is InChI=1S/C31H36N4O6S2/c1-6-34-27(33-13-8-9-21(18-33)30(38)41-7-2)22(19(3)23(17-32)28(34)36)16-26-29(37)35(31(42)43-26)14-12-20-10-11-24(39-4)25(15-20)40-5/h10-11,15-16,21H,6-9,12-14,18H2,1-5H3/b26-16+. The van der Waals surface area contributed by atoms with Gasteiger partial charge >= 0.3 is 5.97 Å². The molecule has 1 atom stereocenters. The number of piperidine rings is 1. The molecule has 2 fully saturated rings. The number of pyridine rings is 1. The first-order valence-corrected chi connectivity index (χ1v) is 15.5. The molecule has 0 spiro atoms. The van der Waals surface area contributed by atoms with E-state index in [9.17, 15) is 19.6 Å². The number of thioether (sulfide) groups is 1. The number of benzene rings is 1. The van der Waals surface area contributed by atoms with Crippen molar-refractivity contribution in [3.63, 3.8) is 0 Å². The number of amides is 1. The number of rotatable bonds is 10. The first kappa shape index (κ1) is 32.1. The molecule has 0 radical (unpaired) electrons. The quantitative estimate of drug-likeness (QED) is 0.216. The first-order valence-electron chi connectivity index (χ1n) is 14.2. The second-order valence-electron chi connectivity index (χ2n) is 10.2. The van der Waals surface area contributed by atoms with Crippen LogP contribution in [0.25, 0.3) is 6.08 Å². The van der Waals surface area contributed by atoms with Crippen LogP contribution in [-0.2, 0) is 27.3 Å². The highest BCUT2D eigenvalue weighted by molar-refractivity contribution is 8.26. The van der Waals surface area contributed by atoms with Gasteiger partial charge in [-0.25, -0.2) is 0 Å². The molecule has 43 heavy (non-hydrogen) atoms. The Bertz CT molecular complexity index is 1560. The molecule has 0 aliphatic carbocycles. The third-order valence-corrected chi connectivity index (χ3v) is 9.10. The first-order chi connectivity index (χ1) is 20.7. The fourth-order valence-electron chi connectivity index (χ4n) is 5.50. The lowest BCUT2D eigenvalue weighted by atomic mass is 9.96. The van der Waals surface area contributed by atoms with Crippen molar-refractivity contribution >= 4 is 52.1 Å². The smallest absolute Gasteiger partial charge is 0.310 e. The van der Waals surface area contributed by atoms with Gasteiger partial charge in [-0.3, -0.25) is 23.9 Å². The molecule has 12 heteroatoms. The van der Waals surface area contributed by atoms with Crippen LogP contribution in [0.4, 0.5) is 5.82 Å². The monoisotopic (exact) mass is 624 g/mol. The summed E-state index contributed by atoms with van der Waals surface area (Å²) < 4.78 is 18.0. The number of methoxy groups -OCH3 is 2. The average molecular weight is 625 g/mol. The number of aromatic nitrogens is 1. The van der Waals surface area contributed by atoms with Crippen molar-refractivity contribution in [1.82, 2.24) is 9.47 Å². The van der Waals surface area contributed by atoms with E-state index in [-0.39, 0.29) is 23.4 Å². The maximum Gasteiger partial charge on any atom is 0.310 e. The molecule has 0 saturated carbocycles. The normalized spacial score (nSPS) is 17.8. The Kier molecular flexibility index (Phi) is 10.5. The molecule has 4 rings (SSSR count). The summed E-state index contributed by atoms with van der Waals surface area (Å²) in [6.45, 7) is 7.31. The van der Waals surface area contributed by atoms with Crippen LogP contribution in [-0.4, -0.2) is 66.1 Å². The number of hydrogen-bond donors (Lipinski definition) is 0. The summed E-state index contributed by atoms with van der Waals surface area (Å²) in [5.41, 5.74) is 1.68. The van der Waals surface area contributed by atoms with E-state index in [2.05, 4.69) is 6.07 Å². The molecule has 0 N–H and O–H groups in total. The Balaban J connectivity index is 1.70. The number of esters is 1. The number of nitriles is 1. The predicted octanol–water partition coefficient (Wildman–Crippen LogP) is 4.29. The van der Waals surface area contributed by atoms with E-state index in [1.54, 1.807) is 43.6 Å². The van der Waals surface area contributed by atoms with Crippen molar-refractivity contribution in [2.45, 2.75) is 46.6 Å². The van der Waals surface area contributed by atoms with Crippen molar-refractivity contribution in [2.75, 3.05) is 45.4 Å². The molecule has 1 aromatic heterocycles. The molecular weight excluding hydrogens is 588 g/mol. The second kappa shape index (κ2) is 14.1. The molecule has 228 valence electrons. The van der Waals surface area contributed by atoms with Gasteiger partial charge in [0, 0.05) is 31.7 Å². The van der Waals surface area contributed by atoms with Crippen LogP contribution in [0, 0.1) is 24.2 Å². The lowest BCUT2D eigenvalue weighted by Crippen LogP contribution is -2.43. The molecule has 2 saturated heterocycles. The van der Waals surface area contributed by atoms with E-state index >= 15 is 0 Å². The molecule has 3 heterocycles. The molecular formula is C31H36N4O6S2. The maximum absolute atomic E-state index is 13.6. The number of nitrogens with zero attached hydrogens (tertiary/aromatic N) is 4. The zero-order valence-electron chi connectivity index (χ0n) is 25.1. The van der Waals surface area contributed by atoms with Crippen LogP contribution in [0.1, 0.15) is 48.9 Å². The summed E-state index contributed by atoms with van der Waals surface area (Å²) >= 11 is 6.80. The Hall–Kier alpha value is -3.82. The zero-order valence-corrected chi connectivity index (χ0v) is 26.7. The summed E-state index contributed by atoms with van der Waals surface area (Å²) in [5, 5.41) is 9.89. The van der Waals surface area contributed by atoms with E-state index in [0.717, 1.165) is 12.0 Å². The third-order valence-electron chi connectivity index (χ3n) is 7.72. The highest BCUT2D eigenvalue weighted by Crippen LogP contribution is 2.37. The van der Waals surface area contributed by atoms with Crippen molar-refractivity contribution in [3.8, 4) is 17.6 Å². The highest BCUT2D eigenvalue weighted by atomic mass is 32.2. The van der Waals surface area contributed by atoms with Crippen LogP contribution >= 0.6 is 24.0 Å². The number of anilines is 1. The van der Waals surface area contributed by atoms with Crippen LogP contribution in [0.15, 0.2) is 27.9 Å². The third kappa shape index (κ3) is 6.58. The van der Waals surface area contributed by atoms with E-state index in [1.807, 2.05) is 30.0 Å². The van der Waals surface area contributed by atoms with E-state index < -0.39 is 5.56 Å². The topological polar surface area (TPSA) is 114 Å². The Morgan fingerprint density at radius 2 is 1.95 bits per heavy atom. The molecule has 2 aliphatic rings. The van der Waals surface area contributed by atoms with Gasteiger partial charge in [-0.2, -0.15) is 5.26 Å². The van der Waals surface area contributed by atoms with E-state index in [0.29, 0.717) is 83.3 Å². The zero-order chi connectivity index (χ0) is 31.3. The van der Waals surface area contributed by atoms with Crippen LogP contribution in [0.5, 0.6) is 11.5 Å². The minimum Gasteiger partial charge on any atom is -0.493 e. The van der Waals surface area contributed by atoms with Gasteiger partial charge in [-0.15, -0.1) is 0 Å². The fourth-order valence-corrected chi connectivity index (χ4v) is 6.79. The van der Waals surface area contributed by atoms with Gasteiger partial charge in [0.2, 0.25) is 0 Å². The SMILES string of the molecule is CCOC(=O)C1CCCN(c2c(/C=C3/SC(=S)N(CCc4ccc(OC)c(OC)c4)C3=O)c(C)c(C#N)c(=O)n2CC)C1. The van der Waals surface area contributed by atoms with Gasteiger partial charge in [0.15, 0.2) is 11.5 Å². The lowest BCUT2D eigenvalue weighted by molar-refractivity contribution is -0.148. The van der Waals surface area contributed by atoms with Crippen molar-refractivity contribution in [1.29, 1.82) is 5.26 Å². The van der Waals surface area contributed by atoms with E-state index in [4.69, 9.17) is 26.4 Å². The summed E-state index contributed by atoms with van der Waals surface area (Å²) in [6.07, 6.45) is 3.71. The van der Waals surface area contributed by atoms with Crippen molar-refractivity contribution < 1.29 is 23.8 Å². The van der Waals surface area contributed by atoms with Gasteiger partial charge in [0.25, 0.3) is 11.5 Å². The van der Waals surface area contributed by atoms with Gasteiger partial charge < -0.3 is 19.1 Å². The minimum absolute atomic E-state index is 0.0275. The summed E-state index contributed by atoms with van der Waals surface area (Å²) in [6, 6.07) is 7.68. The summed E-state index contributed by atoms with van der Waals surface area (Å²) in [7, 11) is 3.15.